The van der Waals surface area contributed by atoms with E-state index >= 15 is 0 Å². The van der Waals surface area contributed by atoms with Crippen LogP contribution < -0.4 is 15.4 Å². The number of nitrogens with one attached hydrogen (secondary N) is 3. The van der Waals surface area contributed by atoms with E-state index in [-0.39, 0.29) is 29.5 Å². The van der Waals surface area contributed by atoms with Gasteiger partial charge in [0, 0.05) is 11.3 Å². The standard InChI is InChI=1S/C23H25N3O5S/c1-15-9-10-19(32(29,30)25-13-18-8-5-11-31-18)12-20(15)23(28)24-14-21(27)26-22-16(2)6-4-7-17(22)3/h4-12,25H,13-14H2,1-3H3,(H,24,28)(H,26,27). The Bertz CT molecular complexity index is 1210. The Labute approximate surface area is 187 Å². The maximum absolute atomic E-state index is 12.7. The Kier molecular flexibility index (Phi) is 7.12. The van der Waals surface area contributed by atoms with Gasteiger partial charge in [-0.2, -0.15) is 0 Å². The van der Waals surface area contributed by atoms with Crippen LogP contribution in [0.4, 0.5) is 5.69 Å². The van der Waals surface area contributed by atoms with Crippen LogP contribution in [-0.2, 0) is 21.4 Å². The van der Waals surface area contributed by atoms with Gasteiger partial charge < -0.3 is 15.1 Å². The van der Waals surface area contributed by atoms with Crippen molar-refractivity contribution in [3.63, 3.8) is 0 Å². The maximum Gasteiger partial charge on any atom is 0.252 e. The molecule has 2 aromatic carbocycles. The van der Waals surface area contributed by atoms with Crippen molar-refractivity contribution in [1.82, 2.24) is 10.0 Å². The minimum atomic E-state index is -3.86. The first-order valence-corrected chi connectivity index (χ1v) is 11.4. The zero-order chi connectivity index (χ0) is 23.3. The van der Waals surface area contributed by atoms with Crippen molar-refractivity contribution in [2.75, 3.05) is 11.9 Å². The predicted octanol–water partition coefficient (Wildman–Crippen LogP) is 3.05. The molecule has 0 aliphatic heterocycles. The van der Waals surface area contributed by atoms with Gasteiger partial charge in [0.15, 0.2) is 0 Å². The number of hydrogen-bond donors (Lipinski definition) is 3. The molecule has 0 aliphatic carbocycles. The zero-order valence-corrected chi connectivity index (χ0v) is 18.9. The molecule has 0 spiro atoms. The van der Waals surface area contributed by atoms with E-state index in [2.05, 4.69) is 15.4 Å². The van der Waals surface area contributed by atoms with E-state index in [4.69, 9.17) is 4.42 Å². The number of sulfonamides is 1. The van der Waals surface area contributed by atoms with Crippen LogP contribution in [0, 0.1) is 20.8 Å². The normalized spacial score (nSPS) is 11.2. The highest BCUT2D eigenvalue weighted by Gasteiger charge is 2.19. The van der Waals surface area contributed by atoms with Crippen LogP contribution in [0.2, 0.25) is 0 Å². The Morgan fingerprint density at radius 1 is 0.938 bits per heavy atom. The number of benzene rings is 2. The Morgan fingerprint density at radius 2 is 1.66 bits per heavy atom. The monoisotopic (exact) mass is 455 g/mol. The second-order valence-electron chi connectivity index (χ2n) is 7.38. The quantitative estimate of drug-likeness (QED) is 0.483. The van der Waals surface area contributed by atoms with Crippen molar-refractivity contribution >= 4 is 27.5 Å². The molecule has 9 heteroatoms. The lowest BCUT2D eigenvalue weighted by molar-refractivity contribution is -0.115. The van der Waals surface area contributed by atoms with Gasteiger partial charge in [0.1, 0.15) is 5.76 Å². The number of carbonyl (C=O) groups excluding carboxylic acids is 2. The molecule has 1 heterocycles. The fraction of sp³-hybridized carbons (Fsp3) is 0.217. The van der Waals surface area contributed by atoms with Crippen molar-refractivity contribution in [3.05, 3.63) is 82.8 Å². The number of furan rings is 1. The molecule has 0 unspecified atom stereocenters. The van der Waals surface area contributed by atoms with Crippen molar-refractivity contribution < 1.29 is 22.4 Å². The maximum atomic E-state index is 12.7. The molecule has 2 amide bonds. The van der Waals surface area contributed by atoms with Gasteiger partial charge in [-0.1, -0.05) is 24.3 Å². The molecule has 3 rings (SSSR count). The Balaban J connectivity index is 1.66. The summed E-state index contributed by atoms with van der Waals surface area (Å²) in [6.07, 6.45) is 1.45. The number of aryl methyl sites for hydroxylation is 3. The minimum absolute atomic E-state index is 0.0107. The summed E-state index contributed by atoms with van der Waals surface area (Å²) in [7, 11) is -3.86. The van der Waals surface area contributed by atoms with E-state index in [1.54, 1.807) is 25.1 Å². The average molecular weight is 456 g/mol. The third-order valence-electron chi connectivity index (χ3n) is 4.94. The van der Waals surface area contributed by atoms with E-state index in [1.165, 1.54) is 18.4 Å². The number of amides is 2. The van der Waals surface area contributed by atoms with E-state index in [1.807, 2.05) is 32.0 Å². The summed E-state index contributed by atoms with van der Waals surface area (Å²) in [6, 6.07) is 13.2. The first-order chi connectivity index (χ1) is 15.2. The molecule has 3 N–H and O–H groups in total. The highest BCUT2D eigenvalue weighted by Crippen LogP contribution is 2.19. The Hall–Kier alpha value is -3.43. The van der Waals surface area contributed by atoms with Crippen LogP contribution in [0.3, 0.4) is 0 Å². The summed E-state index contributed by atoms with van der Waals surface area (Å²) >= 11 is 0. The van der Waals surface area contributed by atoms with Crippen LogP contribution in [0.1, 0.15) is 32.8 Å². The molecule has 32 heavy (non-hydrogen) atoms. The molecule has 0 radical (unpaired) electrons. The third kappa shape index (κ3) is 5.63. The average Bonchev–Trinajstić information content (AvgIpc) is 3.27. The number of hydrogen-bond acceptors (Lipinski definition) is 5. The van der Waals surface area contributed by atoms with Gasteiger partial charge in [0.05, 0.1) is 24.2 Å². The summed E-state index contributed by atoms with van der Waals surface area (Å²) in [4.78, 5) is 24.9. The second kappa shape index (κ2) is 9.80. The predicted molar refractivity (Wildman–Crippen MR) is 121 cm³/mol. The first-order valence-electron chi connectivity index (χ1n) is 9.94. The fourth-order valence-corrected chi connectivity index (χ4v) is 4.15. The molecule has 8 nitrogen and oxygen atoms in total. The number of para-hydroxylation sites is 1. The van der Waals surface area contributed by atoms with Gasteiger partial charge in [-0.05, 0) is 61.7 Å². The lowest BCUT2D eigenvalue weighted by Gasteiger charge is -2.13. The van der Waals surface area contributed by atoms with Gasteiger partial charge in [-0.15, -0.1) is 0 Å². The topological polar surface area (TPSA) is 118 Å². The smallest absolute Gasteiger partial charge is 0.252 e. The number of rotatable bonds is 8. The summed E-state index contributed by atoms with van der Waals surface area (Å²) < 4.78 is 32.8. The number of carbonyl (C=O) groups is 2. The van der Waals surface area contributed by atoms with Crippen LogP contribution >= 0.6 is 0 Å². The van der Waals surface area contributed by atoms with Crippen LogP contribution in [-0.4, -0.2) is 26.8 Å². The van der Waals surface area contributed by atoms with Gasteiger partial charge in [0.25, 0.3) is 5.91 Å². The third-order valence-corrected chi connectivity index (χ3v) is 6.33. The number of anilines is 1. The molecule has 0 aliphatic rings. The van der Waals surface area contributed by atoms with Gasteiger partial charge in [-0.25, -0.2) is 13.1 Å². The van der Waals surface area contributed by atoms with Crippen LogP contribution in [0.15, 0.2) is 64.1 Å². The molecule has 0 bridgehead atoms. The van der Waals surface area contributed by atoms with E-state index in [9.17, 15) is 18.0 Å². The minimum Gasteiger partial charge on any atom is -0.468 e. The van der Waals surface area contributed by atoms with Gasteiger partial charge >= 0.3 is 0 Å². The first kappa shape index (κ1) is 23.2. The second-order valence-corrected chi connectivity index (χ2v) is 9.15. The molecule has 168 valence electrons. The molecule has 3 aromatic rings. The summed E-state index contributed by atoms with van der Waals surface area (Å²) in [5, 5.41) is 5.35. The lowest BCUT2D eigenvalue weighted by Crippen LogP contribution is -2.33. The molecule has 0 saturated heterocycles. The van der Waals surface area contributed by atoms with Crippen molar-refractivity contribution in [2.24, 2.45) is 0 Å². The van der Waals surface area contributed by atoms with E-state index in [0.717, 1.165) is 11.1 Å². The Morgan fingerprint density at radius 3 is 2.31 bits per heavy atom. The van der Waals surface area contributed by atoms with Crippen molar-refractivity contribution in [1.29, 1.82) is 0 Å². The van der Waals surface area contributed by atoms with Crippen LogP contribution in [0.25, 0.3) is 0 Å². The summed E-state index contributed by atoms with van der Waals surface area (Å²) in [5.41, 5.74) is 3.30. The van der Waals surface area contributed by atoms with Crippen molar-refractivity contribution in [2.45, 2.75) is 32.2 Å². The summed E-state index contributed by atoms with van der Waals surface area (Å²) in [5.74, 6) is -0.451. The fourth-order valence-electron chi connectivity index (χ4n) is 3.13. The highest BCUT2D eigenvalue weighted by atomic mass is 32.2. The van der Waals surface area contributed by atoms with Gasteiger partial charge in [-0.3, -0.25) is 9.59 Å². The summed E-state index contributed by atoms with van der Waals surface area (Å²) in [6.45, 7) is 5.20. The molecule has 0 atom stereocenters. The van der Waals surface area contributed by atoms with E-state index in [0.29, 0.717) is 17.0 Å². The molecular formula is C23H25N3O5S. The van der Waals surface area contributed by atoms with E-state index < -0.39 is 15.9 Å². The van der Waals surface area contributed by atoms with Crippen molar-refractivity contribution in [3.8, 4) is 0 Å². The molecule has 1 aromatic heterocycles. The largest absolute Gasteiger partial charge is 0.468 e. The van der Waals surface area contributed by atoms with Gasteiger partial charge in [0.2, 0.25) is 15.9 Å². The molecule has 0 fully saturated rings. The zero-order valence-electron chi connectivity index (χ0n) is 18.1. The molecular weight excluding hydrogens is 430 g/mol. The highest BCUT2D eigenvalue weighted by molar-refractivity contribution is 7.89. The lowest BCUT2D eigenvalue weighted by atomic mass is 10.1. The SMILES string of the molecule is Cc1ccc(S(=O)(=O)NCc2ccco2)cc1C(=O)NCC(=O)Nc1c(C)cccc1C. The molecule has 0 saturated carbocycles. The van der Waals surface area contributed by atoms with Crippen LogP contribution in [0.5, 0.6) is 0 Å².